The number of aromatic nitrogens is 4. The van der Waals surface area contributed by atoms with Gasteiger partial charge in [-0.3, -0.25) is 4.57 Å². The van der Waals surface area contributed by atoms with E-state index in [4.69, 9.17) is 10.5 Å². The summed E-state index contributed by atoms with van der Waals surface area (Å²) in [5.74, 6) is 0.764. The molecule has 1 unspecified atom stereocenters. The van der Waals surface area contributed by atoms with Gasteiger partial charge in [0.25, 0.3) is 0 Å². The number of nitrogens with one attached hydrogen (secondary N) is 3. The molecule has 3 rings (SSSR count). The number of hydrogen-bond donors (Lipinski definition) is 4. The van der Waals surface area contributed by atoms with Crippen LogP contribution in [0.15, 0.2) is 4.79 Å². The molecule has 3 heterocycles. The number of aryl methyl sites for hydroxylation is 1. The van der Waals surface area contributed by atoms with E-state index in [1.165, 1.54) is 12.8 Å². The Labute approximate surface area is 159 Å². The third-order valence-electron chi connectivity index (χ3n) is 4.87. The third-order valence-corrected chi connectivity index (χ3v) is 4.87. The molecule has 0 aromatic carbocycles. The van der Waals surface area contributed by atoms with Crippen molar-refractivity contribution >= 4 is 22.9 Å². The average Bonchev–Trinajstić information content (AvgIpc) is 3.27. The van der Waals surface area contributed by atoms with Crippen LogP contribution in [0, 0.1) is 0 Å². The molecule has 1 aliphatic heterocycles. The lowest BCUT2D eigenvalue weighted by atomic mass is 10.2. The number of nitrogens with two attached hydrogens (primary N) is 1. The summed E-state index contributed by atoms with van der Waals surface area (Å²) >= 11 is 0. The summed E-state index contributed by atoms with van der Waals surface area (Å²) in [5, 5.41) is 6.59. The maximum Gasteiger partial charge on any atom is 0.327 e. The van der Waals surface area contributed by atoms with Crippen LogP contribution in [-0.4, -0.2) is 51.9 Å². The van der Waals surface area contributed by atoms with Gasteiger partial charge in [-0.2, -0.15) is 9.97 Å². The van der Waals surface area contributed by atoms with E-state index in [0.717, 1.165) is 51.9 Å². The van der Waals surface area contributed by atoms with Gasteiger partial charge in [-0.05, 0) is 45.2 Å². The second kappa shape index (κ2) is 9.70. The Balaban J connectivity index is 1.54. The molecule has 0 bridgehead atoms. The lowest BCUT2D eigenvalue weighted by Crippen LogP contribution is -2.24. The third kappa shape index (κ3) is 5.20. The molecule has 27 heavy (non-hydrogen) atoms. The smallest absolute Gasteiger partial charge is 0.327 e. The van der Waals surface area contributed by atoms with Gasteiger partial charge >= 0.3 is 5.69 Å². The molecule has 5 N–H and O–H groups in total. The van der Waals surface area contributed by atoms with Crippen LogP contribution in [0.2, 0.25) is 0 Å². The molecule has 2 aromatic rings. The molecule has 9 nitrogen and oxygen atoms in total. The molecule has 1 fully saturated rings. The van der Waals surface area contributed by atoms with Crippen molar-refractivity contribution in [2.45, 2.75) is 58.1 Å². The van der Waals surface area contributed by atoms with Crippen LogP contribution in [0.4, 0.5) is 11.8 Å². The van der Waals surface area contributed by atoms with Crippen molar-refractivity contribution in [2.75, 3.05) is 37.3 Å². The zero-order chi connectivity index (χ0) is 19.1. The van der Waals surface area contributed by atoms with Crippen molar-refractivity contribution in [3.05, 3.63) is 10.5 Å². The van der Waals surface area contributed by atoms with E-state index in [1.807, 2.05) is 0 Å². The molecule has 1 saturated heterocycles. The van der Waals surface area contributed by atoms with Gasteiger partial charge in [-0.25, -0.2) is 4.79 Å². The van der Waals surface area contributed by atoms with E-state index in [9.17, 15) is 4.79 Å². The number of H-pyrrole nitrogens is 1. The monoisotopic (exact) mass is 377 g/mol. The molecular weight excluding hydrogens is 346 g/mol. The number of fused-ring (bicyclic) bond motifs is 1. The minimum absolute atomic E-state index is 0.198. The number of hydrogen-bond acceptors (Lipinski definition) is 7. The highest BCUT2D eigenvalue weighted by Gasteiger charge is 2.15. The van der Waals surface area contributed by atoms with E-state index in [1.54, 1.807) is 4.57 Å². The van der Waals surface area contributed by atoms with Crippen molar-refractivity contribution < 1.29 is 4.74 Å². The molecule has 9 heteroatoms. The number of ether oxygens (including phenoxy) is 1. The molecule has 1 aliphatic rings. The SMILES string of the molecule is CCCCNc1nc(N)c2[nH]c(=O)n(CCCNCCC3CCCO3)c2n1. The van der Waals surface area contributed by atoms with E-state index in [2.05, 4.69) is 32.5 Å². The maximum atomic E-state index is 12.3. The van der Waals surface area contributed by atoms with Gasteiger partial charge in [0.2, 0.25) is 5.95 Å². The van der Waals surface area contributed by atoms with Gasteiger partial charge in [-0.1, -0.05) is 13.3 Å². The normalized spacial score (nSPS) is 17.0. The Morgan fingerprint density at radius 3 is 2.96 bits per heavy atom. The topological polar surface area (TPSA) is 123 Å². The Morgan fingerprint density at radius 1 is 1.30 bits per heavy atom. The summed E-state index contributed by atoms with van der Waals surface area (Å²) in [4.78, 5) is 23.8. The first-order chi connectivity index (χ1) is 13.2. The summed E-state index contributed by atoms with van der Waals surface area (Å²) in [7, 11) is 0. The number of anilines is 2. The Bertz CT molecular complexity index is 780. The lowest BCUT2D eigenvalue weighted by Gasteiger charge is -2.10. The zero-order valence-electron chi connectivity index (χ0n) is 16.1. The summed E-state index contributed by atoms with van der Waals surface area (Å²) < 4.78 is 7.26. The number of nitrogen functional groups attached to an aromatic ring is 1. The van der Waals surface area contributed by atoms with Gasteiger partial charge in [0.1, 0.15) is 5.52 Å². The number of aromatic amines is 1. The molecule has 0 amide bonds. The first-order valence-electron chi connectivity index (χ1n) is 10.0. The first-order valence-corrected chi connectivity index (χ1v) is 10.0. The molecule has 150 valence electrons. The van der Waals surface area contributed by atoms with Crippen LogP contribution >= 0.6 is 0 Å². The van der Waals surface area contributed by atoms with E-state index in [-0.39, 0.29) is 5.69 Å². The van der Waals surface area contributed by atoms with Crippen molar-refractivity contribution in [1.29, 1.82) is 0 Å². The standard InChI is InChI=1S/C18H31N7O2/c1-2-3-9-21-17-23-15(19)14-16(24-17)25(18(26)22-14)11-5-8-20-10-7-13-6-4-12-27-13/h13,20H,2-12H2,1H3,(H,22,26)(H3,19,21,23,24). The lowest BCUT2D eigenvalue weighted by molar-refractivity contribution is 0.104. The van der Waals surface area contributed by atoms with E-state index >= 15 is 0 Å². The molecule has 2 aromatic heterocycles. The highest BCUT2D eigenvalue weighted by atomic mass is 16.5. The molecule has 0 aliphatic carbocycles. The number of nitrogens with zero attached hydrogens (tertiary/aromatic N) is 3. The van der Waals surface area contributed by atoms with E-state index in [0.29, 0.717) is 35.6 Å². The van der Waals surface area contributed by atoms with Crippen LogP contribution < -0.4 is 22.1 Å². The zero-order valence-corrected chi connectivity index (χ0v) is 16.1. The average molecular weight is 377 g/mol. The quantitative estimate of drug-likeness (QED) is 0.437. The summed E-state index contributed by atoms with van der Waals surface area (Å²) in [6, 6.07) is 0. The fraction of sp³-hybridized carbons (Fsp3) is 0.722. The Hall–Kier alpha value is -2.13. The largest absolute Gasteiger partial charge is 0.382 e. The molecule has 1 atom stereocenters. The Morgan fingerprint density at radius 2 is 2.19 bits per heavy atom. The van der Waals surface area contributed by atoms with Crippen LogP contribution in [0.5, 0.6) is 0 Å². The van der Waals surface area contributed by atoms with Gasteiger partial charge in [0, 0.05) is 19.7 Å². The number of unbranched alkanes of at least 4 members (excludes halogenated alkanes) is 1. The molecule has 0 spiro atoms. The van der Waals surface area contributed by atoms with Crippen LogP contribution in [0.1, 0.15) is 45.4 Å². The fourth-order valence-corrected chi connectivity index (χ4v) is 3.34. The number of rotatable bonds is 11. The predicted molar refractivity (Wildman–Crippen MR) is 107 cm³/mol. The van der Waals surface area contributed by atoms with Gasteiger partial charge in [-0.15, -0.1) is 0 Å². The highest BCUT2D eigenvalue weighted by Crippen LogP contribution is 2.17. The molecular formula is C18H31N7O2. The van der Waals surface area contributed by atoms with Crippen LogP contribution in [0.3, 0.4) is 0 Å². The first kappa shape index (κ1) is 19.6. The second-order valence-electron chi connectivity index (χ2n) is 7.02. The predicted octanol–water partition coefficient (Wildman–Crippen LogP) is 1.46. The highest BCUT2D eigenvalue weighted by molar-refractivity contribution is 5.82. The molecule has 0 radical (unpaired) electrons. The van der Waals surface area contributed by atoms with Crippen molar-refractivity contribution in [3.63, 3.8) is 0 Å². The minimum Gasteiger partial charge on any atom is -0.382 e. The van der Waals surface area contributed by atoms with Gasteiger partial charge < -0.3 is 26.1 Å². The fourth-order valence-electron chi connectivity index (χ4n) is 3.34. The summed E-state index contributed by atoms with van der Waals surface area (Å²) in [6.07, 6.45) is 6.74. The van der Waals surface area contributed by atoms with Gasteiger partial charge in [0.05, 0.1) is 6.10 Å². The summed E-state index contributed by atoms with van der Waals surface area (Å²) in [5.41, 5.74) is 6.87. The van der Waals surface area contributed by atoms with Crippen molar-refractivity contribution in [1.82, 2.24) is 24.8 Å². The van der Waals surface area contributed by atoms with E-state index < -0.39 is 0 Å². The second-order valence-corrected chi connectivity index (χ2v) is 7.02. The summed E-state index contributed by atoms with van der Waals surface area (Å²) in [6.45, 7) is 6.16. The minimum atomic E-state index is -0.198. The maximum absolute atomic E-state index is 12.3. The van der Waals surface area contributed by atoms with Gasteiger partial charge in [0.15, 0.2) is 11.5 Å². The van der Waals surface area contributed by atoms with Crippen molar-refractivity contribution in [2.24, 2.45) is 0 Å². The van der Waals surface area contributed by atoms with Crippen LogP contribution in [-0.2, 0) is 11.3 Å². The number of imidazole rings is 1. The van der Waals surface area contributed by atoms with Crippen LogP contribution in [0.25, 0.3) is 11.2 Å². The van der Waals surface area contributed by atoms with Crippen molar-refractivity contribution in [3.8, 4) is 0 Å². The Kier molecular flexibility index (Phi) is 7.05. The molecule has 0 saturated carbocycles.